The van der Waals surface area contributed by atoms with E-state index in [1.807, 2.05) is 11.5 Å². The van der Waals surface area contributed by atoms with E-state index < -0.39 is 12.5 Å². The SMILES string of the molecule is CCCn1cnnc1[C@H](C)NC(=O)c1cccc(OC(F)F)c1. The zero-order valence-corrected chi connectivity index (χ0v) is 12.9. The van der Waals surface area contributed by atoms with E-state index in [-0.39, 0.29) is 17.4 Å². The van der Waals surface area contributed by atoms with Crippen LogP contribution in [-0.4, -0.2) is 27.3 Å². The smallest absolute Gasteiger partial charge is 0.387 e. The zero-order valence-electron chi connectivity index (χ0n) is 12.9. The maximum atomic E-state index is 12.2. The number of hydrogen-bond donors (Lipinski definition) is 1. The van der Waals surface area contributed by atoms with E-state index >= 15 is 0 Å². The van der Waals surface area contributed by atoms with Crippen LogP contribution in [0.3, 0.4) is 0 Å². The lowest BCUT2D eigenvalue weighted by Crippen LogP contribution is -2.28. The summed E-state index contributed by atoms with van der Waals surface area (Å²) in [6, 6.07) is 5.28. The zero-order chi connectivity index (χ0) is 16.8. The second-order valence-corrected chi connectivity index (χ2v) is 4.98. The molecule has 8 heteroatoms. The van der Waals surface area contributed by atoms with Gasteiger partial charge in [-0.25, -0.2) is 0 Å². The van der Waals surface area contributed by atoms with Crippen molar-refractivity contribution in [3.05, 3.63) is 42.0 Å². The number of ether oxygens (including phenoxy) is 1. The summed E-state index contributed by atoms with van der Waals surface area (Å²) in [5.41, 5.74) is 0.233. The first-order valence-electron chi connectivity index (χ1n) is 7.24. The lowest BCUT2D eigenvalue weighted by molar-refractivity contribution is -0.0498. The summed E-state index contributed by atoms with van der Waals surface area (Å²) in [5.74, 6) is 0.179. The number of nitrogens with one attached hydrogen (secondary N) is 1. The molecule has 1 aromatic heterocycles. The maximum absolute atomic E-state index is 12.2. The van der Waals surface area contributed by atoms with Crippen LogP contribution in [0.4, 0.5) is 8.78 Å². The Balaban J connectivity index is 2.07. The summed E-state index contributed by atoms with van der Waals surface area (Å²) >= 11 is 0. The molecule has 1 atom stereocenters. The van der Waals surface area contributed by atoms with Gasteiger partial charge in [0.05, 0.1) is 6.04 Å². The van der Waals surface area contributed by atoms with Crippen LogP contribution < -0.4 is 10.1 Å². The number of rotatable bonds is 7. The monoisotopic (exact) mass is 324 g/mol. The van der Waals surface area contributed by atoms with Crippen LogP contribution >= 0.6 is 0 Å². The van der Waals surface area contributed by atoms with Gasteiger partial charge in [0.1, 0.15) is 12.1 Å². The van der Waals surface area contributed by atoms with Crippen molar-refractivity contribution < 1.29 is 18.3 Å². The van der Waals surface area contributed by atoms with Gasteiger partial charge in [-0.3, -0.25) is 4.79 Å². The van der Waals surface area contributed by atoms with Gasteiger partial charge in [0.2, 0.25) is 0 Å². The van der Waals surface area contributed by atoms with Gasteiger partial charge in [-0.15, -0.1) is 10.2 Å². The number of carbonyl (C=O) groups is 1. The summed E-state index contributed by atoms with van der Waals surface area (Å²) in [7, 11) is 0. The highest BCUT2D eigenvalue weighted by atomic mass is 19.3. The topological polar surface area (TPSA) is 69.0 Å². The predicted octanol–water partition coefficient (Wildman–Crippen LogP) is 2.78. The van der Waals surface area contributed by atoms with Gasteiger partial charge in [-0.05, 0) is 31.5 Å². The first kappa shape index (κ1) is 16.9. The average molecular weight is 324 g/mol. The van der Waals surface area contributed by atoms with Crippen LogP contribution in [-0.2, 0) is 6.54 Å². The molecule has 0 aliphatic rings. The number of hydrogen-bond acceptors (Lipinski definition) is 4. The van der Waals surface area contributed by atoms with Crippen LogP contribution in [0.5, 0.6) is 5.75 Å². The third kappa shape index (κ3) is 4.48. The summed E-state index contributed by atoms with van der Waals surface area (Å²) < 4.78 is 30.6. The van der Waals surface area contributed by atoms with E-state index in [9.17, 15) is 13.6 Å². The number of alkyl halides is 2. The fraction of sp³-hybridized carbons (Fsp3) is 0.400. The third-order valence-electron chi connectivity index (χ3n) is 3.17. The molecule has 6 nitrogen and oxygen atoms in total. The molecule has 1 amide bonds. The second-order valence-electron chi connectivity index (χ2n) is 4.98. The quantitative estimate of drug-likeness (QED) is 0.850. The van der Waals surface area contributed by atoms with Crippen LogP contribution in [0.15, 0.2) is 30.6 Å². The third-order valence-corrected chi connectivity index (χ3v) is 3.17. The molecule has 0 saturated carbocycles. The number of amides is 1. The van der Waals surface area contributed by atoms with Crippen LogP contribution in [0.1, 0.15) is 42.5 Å². The van der Waals surface area contributed by atoms with E-state index in [4.69, 9.17) is 0 Å². The Kier molecular flexibility index (Phi) is 5.61. The van der Waals surface area contributed by atoms with Gasteiger partial charge >= 0.3 is 6.61 Å². The van der Waals surface area contributed by atoms with Crippen molar-refractivity contribution in [1.82, 2.24) is 20.1 Å². The molecule has 1 aromatic carbocycles. The van der Waals surface area contributed by atoms with Crippen LogP contribution in [0.2, 0.25) is 0 Å². The minimum absolute atomic E-state index is 0.0607. The molecule has 0 spiro atoms. The molecule has 1 heterocycles. The van der Waals surface area contributed by atoms with E-state index in [0.29, 0.717) is 5.82 Å². The fourth-order valence-electron chi connectivity index (χ4n) is 2.17. The van der Waals surface area contributed by atoms with Crippen molar-refractivity contribution in [2.75, 3.05) is 0 Å². The molecule has 0 saturated heterocycles. The molecule has 2 rings (SSSR count). The Morgan fingerprint density at radius 3 is 2.91 bits per heavy atom. The minimum atomic E-state index is -2.93. The molecule has 0 bridgehead atoms. The van der Waals surface area contributed by atoms with E-state index in [1.54, 1.807) is 13.3 Å². The van der Waals surface area contributed by atoms with E-state index in [0.717, 1.165) is 13.0 Å². The van der Waals surface area contributed by atoms with Gasteiger partial charge in [-0.2, -0.15) is 8.78 Å². The van der Waals surface area contributed by atoms with Crippen molar-refractivity contribution in [1.29, 1.82) is 0 Å². The fourth-order valence-corrected chi connectivity index (χ4v) is 2.17. The maximum Gasteiger partial charge on any atom is 0.387 e. The average Bonchev–Trinajstić information content (AvgIpc) is 2.95. The van der Waals surface area contributed by atoms with E-state index in [2.05, 4.69) is 20.3 Å². The molecule has 2 aromatic rings. The lowest BCUT2D eigenvalue weighted by Gasteiger charge is -2.15. The molecule has 0 aliphatic carbocycles. The van der Waals surface area contributed by atoms with Crippen molar-refractivity contribution in [3.63, 3.8) is 0 Å². The molecule has 124 valence electrons. The normalized spacial score (nSPS) is 12.2. The number of nitrogens with zero attached hydrogens (tertiary/aromatic N) is 3. The summed E-state index contributed by atoms with van der Waals surface area (Å²) in [5, 5.41) is 10.6. The number of carbonyl (C=O) groups excluding carboxylic acids is 1. The first-order valence-corrected chi connectivity index (χ1v) is 7.24. The van der Waals surface area contributed by atoms with E-state index in [1.165, 1.54) is 24.3 Å². The van der Waals surface area contributed by atoms with Gasteiger partial charge < -0.3 is 14.6 Å². The van der Waals surface area contributed by atoms with Crippen molar-refractivity contribution in [2.45, 2.75) is 39.5 Å². The molecular formula is C15H18F2N4O2. The van der Waals surface area contributed by atoms with Crippen LogP contribution in [0, 0.1) is 0 Å². The van der Waals surface area contributed by atoms with Crippen LogP contribution in [0.25, 0.3) is 0 Å². The molecular weight excluding hydrogens is 306 g/mol. The Labute approximate surface area is 132 Å². The molecule has 0 unspecified atom stereocenters. The van der Waals surface area contributed by atoms with Crippen molar-refractivity contribution in [3.8, 4) is 5.75 Å². The predicted molar refractivity (Wildman–Crippen MR) is 79.3 cm³/mol. The number of aryl methyl sites for hydroxylation is 1. The standard InChI is InChI=1S/C15H18F2N4O2/c1-3-7-21-9-18-20-13(21)10(2)19-14(22)11-5-4-6-12(8-11)23-15(16)17/h4-6,8-10,15H,3,7H2,1-2H3,(H,19,22)/t10-/m0/s1. The number of aromatic nitrogens is 3. The number of halogens is 2. The highest BCUT2D eigenvalue weighted by molar-refractivity contribution is 5.94. The van der Waals surface area contributed by atoms with Gasteiger partial charge in [0.25, 0.3) is 5.91 Å². The minimum Gasteiger partial charge on any atom is -0.435 e. The summed E-state index contributed by atoms with van der Waals surface area (Å²) in [4.78, 5) is 12.2. The van der Waals surface area contributed by atoms with Gasteiger partial charge in [0.15, 0.2) is 5.82 Å². The Morgan fingerprint density at radius 2 is 2.22 bits per heavy atom. The summed E-state index contributed by atoms with van der Waals surface area (Å²) in [6.45, 7) is 1.63. The second kappa shape index (κ2) is 7.66. The highest BCUT2D eigenvalue weighted by Crippen LogP contribution is 2.17. The Morgan fingerprint density at radius 1 is 1.43 bits per heavy atom. The molecule has 1 N–H and O–H groups in total. The van der Waals surface area contributed by atoms with Crippen molar-refractivity contribution in [2.24, 2.45) is 0 Å². The Hall–Kier alpha value is -2.51. The molecule has 0 fully saturated rings. The largest absolute Gasteiger partial charge is 0.435 e. The summed E-state index contributed by atoms with van der Waals surface area (Å²) in [6.07, 6.45) is 2.53. The Bertz CT molecular complexity index is 660. The molecule has 0 radical (unpaired) electrons. The lowest BCUT2D eigenvalue weighted by atomic mass is 10.2. The first-order chi connectivity index (χ1) is 11.0. The van der Waals surface area contributed by atoms with Gasteiger partial charge in [0, 0.05) is 12.1 Å². The molecule has 0 aliphatic heterocycles. The van der Waals surface area contributed by atoms with Crippen molar-refractivity contribution >= 4 is 5.91 Å². The molecule has 23 heavy (non-hydrogen) atoms. The highest BCUT2D eigenvalue weighted by Gasteiger charge is 2.17. The van der Waals surface area contributed by atoms with Gasteiger partial charge in [-0.1, -0.05) is 13.0 Å². The number of benzene rings is 1.